The van der Waals surface area contributed by atoms with Gasteiger partial charge in [0.1, 0.15) is 5.75 Å². The van der Waals surface area contributed by atoms with E-state index < -0.39 is 0 Å². The van der Waals surface area contributed by atoms with Crippen LogP contribution in [-0.2, 0) is 11.8 Å². The zero-order valence-corrected chi connectivity index (χ0v) is 16.6. The molecular weight excluding hydrogens is 376 g/mol. The maximum atomic E-state index is 12.2. The van der Waals surface area contributed by atoms with Gasteiger partial charge in [-0.15, -0.1) is 10.2 Å². The summed E-state index contributed by atoms with van der Waals surface area (Å²) in [6.07, 6.45) is 0. The largest absolute Gasteiger partial charge is 0.497 e. The summed E-state index contributed by atoms with van der Waals surface area (Å²) in [5, 5.41) is 11.8. The van der Waals surface area contributed by atoms with Gasteiger partial charge in [-0.05, 0) is 31.2 Å². The Balaban J connectivity index is 1.65. The van der Waals surface area contributed by atoms with E-state index in [0.717, 1.165) is 11.3 Å². The lowest BCUT2D eigenvalue weighted by molar-refractivity contribution is -0.113. The zero-order valence-electron chi connectivity index (χ0n) is 15.8. The molecule has 7 nitrogen and oxygen atoms in total. The molecule has 3 aromatic rings. The van der Waals surface area contributed by atoms with Crippen LogP contribution in [-0.4, -0.2) is 39.3 Å². The van der Waals surface area contributed by atoms with E-state index in [1.807, 2.05) is 35.9 Å². The van der Waals surface area contributed by atoms with Gasteiger partial charge in [-0.3, -0.25) is 9.59 Å². The second-order valence-corrected chi connectivity index (χ2v) is 7.01. The van der Waals surface area contributed by atoms with Crippen molar-refractivity contribution in [2.75, 3.05) is 18.2 Å². The number of ketones is 1. The maximum Gasteiger partial charge on any atom is 0.234 e. The Labute approximate surface area is 167 Å². The van der Waals surface area contributed by atoms with E-state index >= 15 is 0 Å². The molecule has 8 heteroatoms. The van der Waals surface area contributed by atoms with Crippen molar-refractivity contribution >= 4 is 29.1 Å². The first-order valence-corrected chi connectivity index (χ1v) is 9.54. The zero-order chi connectivity index (χ0) is 20.1. The third kappa shape index (κ3) is 4.58. The molecular formula is C20H20N4O3S. The smallest absolute Gasteiger partial charge is 0.234 e. The van der Waals surface area contributed by atoms with Crippen LogP contribution in [0.15, 0.2) is 53.7 Å². The summed E-state index contributed by atoms with van der Waals surface area (Å²) < 4.78 is 7.08. The summed E-state index contributed by atoms with van der Waals surface area (Å²) in [6.45, 7) is 1.49. The number of hydrogen-bond donors (Lipinski definition) is 1. The van der Waals surface area contributed by atoms with Gasteiger partial charge >= 0.3 is 0 Å². The Kier molecular flexibility index (Phi) is 6.10. The molecule has 0 fully saturated rings. The Hall–Kier alpha value is -3.13. The molecule has 1 N–H and O–H groups in total. The molecule has 2 aromatic carbocycles. The minimum Gasteiger partial charge on any atom is -0.497 e. The predicted molar refractivity (Wildman–Crippen MR) is 109 cm³/mol. The normalized spacial score (nSPS) is 10.5. The molecule has 0 atom stereocenters. The van der Waals surface area contributed by atoms with Crippen molar-refractivity contribution in [3.05, 3.63) is 54.1 Å². The van der Waals surface area contributed by atoms with Crippen LogP contribution < -0.4 is 10.1 Å². The Bertz CT molecular complexity index is 1020. The fourth-order valence-corrected chi connectivity index (χ4v) is 3.31. The molecule has 0 aliphatic carbocycles. The number of benzene rings is 2. The average molecular weight is 396 g/mol. The lowest BCUT2D eigenvalue weighted by atomic mass is 10.1. The molecule has 1 aromatic heterocycles. The van der Waals surface area contributed by atoms with Crippen LogP contribution in [0.25, 0.3) is 11.4 Å². The van der Waals surface area contributed by atoms with Crippen molar-refractivity contribution in [2.45, 2.75) is 12.1 Å². The standard InChI is InChI=1S/C20H20N4O3S/c1-13(25)14-6-4-8-16(10-14)21-18(26)12-28-20-23-22-19(24(20)2)15-7-5-9-17(11-15)27-3/h4-11H,12H2,1-3H3,(H,21,26). The number of aromatic nitrogens is 3. The van der Waals surface area contributed by atoms with Gasteiger partial charge in [-0.1, -0.05) is 36.0 Å². The molecule has 0 unspecified atom stereocenters. The number of nitrogens with one attached hydrogen (secondary N) is 1. The van der Waals surface area contributed by atoms with Gasteiger partial charge in [0.25, 0.3) is 0 Å². The van der Waals surface area contributed by atoms with Crippen LogP contribution in [0, 0.1) is 0 Å². The molecule has 0 aliphatic heterocycles. The Morgan fingerprint density at radius 2 is 1.93 bits per heavy atom. The molecule has 1 amide bonds. The fraction of sp³-hybridized carbons (Fsp3) is 0.200. The third-order valence-corrected chi connectivity index (χ3v) is 5.07. The molecule has 0 spiro atoms. The summed E-state index contributed by atoms with van der Waals surface area (Å²) in [4.78, 5) is 23.7. The highest BCUT2D eigenvalue weighted by atomic mass is 32.2. The van der Waals surface area contributed by atoms with Crippen LogP contribution in [0.1, 0.15) is 17.3 Å². The molecule has 0 aliphatic rings. The summed E-state index contributed by atoms with van der Waals surface area (Å²) in [7, 11) is 3.47. The number of ether oxygens (including phenoxy) is 1. The monoisotopic (exact) mass is 396 g/mol. The summed E-state index contributed by atoms with van der Waals surface area (Å²) in [5.41, 5.74) is 2.03. The molecule has 1 heterocycles. The van der Waals surface area contributed by atoms with Crippen LogP contribution in [0.2, 0.25) is 0 Å². The van der Waals surface area contributed by atoms with Gasteiger partial charge in [0.2, 0.25) is 5.91 Å². The molecule has 0 bridgehead atoms. The number of hydrogen-bond acceptors (Lipinski definition) is 6. The number of Topliss-reactive ketones (excluding diaryl/α,β-unsaturated/α-hetero) is 1. The third-order valence-electron chi connectivity index (χ3n) is 4.05. The van der Waals surface area contributed by atoms with Crippen LogP contribution in [0.3, 0.4) is 0 Å². The number of nitrogens with zero attached hydrogens (tertiary/aromatic N) is 3. The van der Waals surface area contributed by atoms with Crippen molar-refractivity contribution in [2.24, 2.45) is 7.05 Å². The van der Waals surface area contributed by atoms with E-state index in [0.29, 0.717) is 22.2 Å². The van der Waals surface area contributed by atoms with Gasteiger partial charge < -0.3 is 14.6 Å². The van der Waals surface area contributed by atoms with E-state index in [2.05, 4.69) is 15.5 Å². The predicted octanol–water partition coefficient (Wildman–Crippen LogP) is 3.42. The van der Waals surface area contributed by atoms with Crippen LogP contribution in [0.5, 0.6) is 5.75 Å². The topological polar surface area (TPSA) is 86.1 Å². The number of carbonyl (C=O) groups is 2. The SMILES string of the molecule is COc1cccc(-c2nnc(SCC(=O)Nc3cccc(C(C)=O)c3)n2C)c1. The number of carbonyl (C=O) groups excluding carboxylic acids is 2. The van der Waals surface area contributed by atoms with Gasteiger partial charge in [0.15, 0.2) is 16.8 Å². The van der Waals surface area contributed by atoms with E-state index in [1.165, 1.54) is 18.7 Å². The second kappa shape index (κ2) is 8.71. The highest BCUT2D eigenvalue weighted by Crippen LogP contribution is 2.25. The molecule has 0 saturated heterocycles. The van der Waals surface area contributed by atoms with Crippen LogP contribution in [0.4, 0.5) is 5.69 Å². The lowest BCUT2D eigenvalue weighted by Gasteiger charge is -2.07. The number of thioether (sulfide) groups is 1. The second-order valence-electron chi connectivity index (χ2n) is 6.07. The highest BCUT2D eigenvalue weighted by molar-refractivity contribution is 7.99. The number of methoxy groups -OCH3 is 1. The van der Waals surface area contributed by atoms with Gasteiger partial charge in [0, 0.05) is 23.9 Å². The fourth-order valence-electron chi connectivity index (χ4n) is 2.60. The molecule has 0 radical (unpaired) electrons. The van der Waals surface area contributed by atoms with Crippen molar-refractivity contribution in [3.63, 3.8) is 0 Å². The minimum atomic E-state index is -0.184. The summed E-state index contributed by atoms with van der Waals surface area (Å²) >= 11 is 1.29. The quantitative estimate of drug-likeness (QED) is 0.486. The minimum absolute atomic E-state index is 0.0466. The van der Waals surface area contributed by atoms with Crippen molar-refractivity contribution < 1.29 is 14.3 Å². The maximum absolute atomic E-state index is 12.2. The first-order valence-electron chi connectivity index (χ1n) is 8.55. The van der Waals surface area contributed by atoms with Crippen molar-refractivity contribution in [1.29, 1.82) is 0 Å². The van der Waals surface area contributed by atoms with Crippen molar-refractivity contribution in [1.82, 2.24) is 14.8 Å². The van der Waals surface area contributed by atoms with E-state index in [1.54, 1.807) is 31.4 Å². The van der Waals surface area contributed by atoms with Gasteiger partial charge in [0.05, 0.1) is 12.9 Å². The summed E-state index contributed by atoms with van der Waals surface area (Å²) in [5.74, 6) is 1.37. The van der Waals surface area contributed by atoms with E-state index in [9.17, 15) is 9.59 Å². The highest BCUT2D eigenvalue weighted by Gasteiger charge is 2.14. The van der Waals surface area contributed by atoms with Crippen molar-refractivity contribution in [3.8, 4) is 17.1 Å². The first-order chi connectivity index (χ1) is 13.5. The number of anilines is 1. The Morgan fingerprint density at radius 1 is 1.14 bits per heavy atom. The lowest BCUT2D eigenvalue weighted by Crippen LogP contribution is -2.14. The van der Waals surface area contributed by atoms with Gasteiger partial charge in [-0.2, -0.15) is 0 Å². The molecule has 28 heavy (non-hydrogen) atoms. The molecule has 0 saturated carbocycles. The average Bonchev–Trinajstić information content (AvgIpc) is 3.07. The summed E-state index contributed by atoms with van der Waals surface area (Å²) in [6, 6.07) is 14.4. The van der Waals surface area contributed by atoms with E-state index in [-0.39, 0.29) is 17.4 Å². The number of rotatable bonds is 7. The molecule has 144 valence electrons. The van der Waals surface area contributed by atoms with Crippen LogP contribution >= 0.6 is 11.8 Å². The molecule has 3 rings (SSSR count). The Morgan fingerprint density at radius 3 is 2.68 bits per heavy atom. The van der Waals surface area contributed by atoms with E-state index in [4.69, 9.17) is 4.74 Å². The number of amides is 1. The van der Waals surface area contributed by atoms with Gasteiger partial charge in [-0.25, -0.2) is 0 Å². The first kappa shape index (κ1) is 19.6.